The molecule has 0 bridgehead atoms. The molecule has 1 N–H and O–H groups in total. The van der Waals surface area contributed by atoms with E-state index in [0.717, 1.165) is 42.3 Å². The Bertz CT molecular complexity index is 590. The Morgan fingerprint density at radius 1 is 1.19 bits per heavy atom. The van der Waals surface area contributed by atoms with Crippen molar-refractivity contribution in [3.05, 3.63) is 51.8 Å². The zero-order chi connectivity index (χ0) is 15.2. The first-order chi connectivity index (χ1) is 10.1. The van der Waals surface area contributed by atoms with E-state index in [9.17, 15) is 0 Å². The number of aryl methyl sites for hydroxylation is 1. The van der Waals surface area contributed by atoms with E-state index in [0.29, 0.717) is 0 Å². The first-order valence-electron chi connectivity index (χ1n) is 7.60. The van der Waals surface area contributed by atoms with Gasteiger partial charge in [-0.2, -0.15) is 5.10 Å². The second-order valence-corrected chi connectivity index (χ2v) is 5.81. The van der Waals surface area contributed by atoms with Crippen molar-refractivity contribution in [2.75, 3.05) is 13.1 Å². The minimum atomic E-state index is 0.731. The number of nitrogens with one attached hydrogen (secondary N) is 1. The first-order valence-corrected chi connectivity index (χ1v) is 7.98. The Morgan fingerprint density at radius 3 is 2.67 bits per heavy atom. The summed E-state index contributed by atoms with van der Waals surface area (Å²) in [4.78, 5) is 0. The third kappa shape index (κ3) is 4.08. The van der Waals surface area contributed by atoms with Gasteiger partial charge in [-0.1, -0.05) is 36.7 Å². The molecule has 0 atom stereocenters. The van der Waals surface area contributed by atoms with Gasteiger partial charge < -0.3 is 5.32 Å². The standard InChI is InChI=1S/C17H24ClN3/c1-4-10-19-11-9-16-13(2)20-21(14(16)3)12-15-7-5-6-8-17(15)18/h5-8,19H,4,9-12H2,1-3H3. The molecule has 21 heavy (non-hydrogen) atoms. The van der Waals surface area contributed by atoms with Crippen LogP contribution in [0.25, 0.3) is 0 Å². The van der Waals surface area contributed by atoms with E-state index in [-0.39, 0.29) is 0 Å². The third-order valence-electron chi connectivity index (χ3n) is 3.79. The fraction of sp³-hybridized carbons (Fsp3) is 0.471. The summed E-state index contributed by atoms with van der Waals surface area (Å²) in [5.41, 5.74) is 4.83. The second-order valence-electron chi connectivity index (χ2n) is 5.40. The van der Waals surface area contributed by atoms with Crippen LogP contribution in [0.1, 0.15) is 35.9 Å². The van der Waals surface area contributed by atoms with Crippen molar-refractivity contribution in [2.45, 2.75) is 40.2 Å². The van der Waals surface area contributed by atoms with E-state index in [1.54, 1.807) is 0 Å². The maximum absolute atomic E-state index is 6.24. The summed E-state index contributed by atoms with van der Waals surface area (Å²) >= 11 is 6.24. The molecule has 2 aromatic rings. The highest BCUT2D eigenvalue weighted by Gasteiger charge is 2.12. The summed E-state index contributed by atoms with van der Waals surface area (Å²) in [7, 11) is 0. The molecule has 0 aliphatic carbocycles. The monoisotopic (exact) mass is 305 g/mol. The van der Waals surface area contributed by atoms with Crippen LogP contribution in [0.15, 0.2) is 24.3 Å². The van der Waals surface area contributed by atoms with Crippen LogP contribution >= 0.6 is 11.6 Å². The highest BCUT2D eigenvalue weighted by atomic mass is 35.5. The van der Waals surface area contributed by atoms with Crippen LogP contribution in [-0.4, -0.2) is 22.9 Å². The van der Waals surface area contributed by atoms with E-state index < -0.39 is 0 Å². The molecule has 4 heteroatoms. The average molecular weight is 306 g/mol. The number of nitrogens with zero attached hydrogens (tertiary/aromatic N) is 2. The minimum absolute atomic E-state index is 0.731. The van der Waals surface area contributed by atoms with E-state index in [1.165, 1.54) is 17.7 Å². The molecule has 2 rings (SSSR count). The number of halogens is 1. The van der Waals surface area contributed by atoms with Gasteiger partial charge in [-0.3, -0.25) is 4.68 Å². The molecule has 3 nitrogen and oxygen atoms in total. The summed E-state index contributed by atoms with van der Waals surface area (Å²) in [5, 5.41) is 8.93. The fourth-order valence-corrected chi connectivity index (χ4v) is 2.75. The predicted octanol–water partition coefficient (Wildman–Crippen LogP) is 3.74. The van der Waals surface area contributed by atoms with Crippen molar-refractivity contribution in [3.8, 4) is 0 Å². The predicted molar refractivity (Wildman–Crippen MR) is 89.1 cm³/mol. The lowest BCUT2D eigenvalue weighted by molar-refractivity contribution is 0.653. The Hall–Kier alpha value is -1.32. The lowest BCUT2D eigenvalue weighted by Gasteiger charge is -2.08. The smallest absolute Gasteiger partial charge is 0.0677 e. The minimum Gasteiger partial charge on any atom is -0.316 e. The number of benzene rings is 1. The van der Waals surface area contributed by atoms with Gasteiger partial charge in [0, 0.05) is 10.7 Å². The van der Waals surface area contributed by atoms with Crippen LogP contribution in [0.5, 0.6) is 0 Å². The summed E-state index contributed by atoms with van der Waals surface area (Å²) < 4.78 is 2.06. The Morgan fingerprint density at radius 2 is 1.95 bits per heavy atom. The largest absolute Gasteiger partial charge is 0.316 e. The molecule has 0 aliphatic heterocycles. The van der Waals surface area contributed by atoms with E-state index in [2.05, 4.69) is 41.9 Å². The van der Waals surface area contributed by atoms with Gasteiger partial charge in [0.1, 0.15) is 0 Å². The van der Waals surface area contributed by atoms with Crippen molar-refractivity contribution in [2.24, 2.45) is 0 Å². The number of hydrogen-bond acceptors (Lipinski definition) is 2. The molecule has 0 saturated heterocycles. The summed E-state index contributed by atoms with van der Waals surface area (Å²) in [6.45, 7) is 9.23. The van der Waals surface area contributed by atoms with Crippen molar-refractivity contribution >= 4 is 11.6 Å². The van der Waals surface area contributed by atoms with Gasteiger partial charge in [-0.05, 0) is 57.0 Å². The topological polar surface area (TPSA) is 29.9 Å². The van der Waals surface area contributed by atoms with E-state index >= 15 is 0 Å². The van der Waals surface area contributed by atoms with Crippen LogP contribution in [0, 0.1) is 13.8 Å². The van der Waals surface area contributed by atoms with Gasteiger partial charge in [0.25, 0.3) is 0 Å². The first kappa shape index (κ1) is 16.1. The molecule has 1 aromatic heterocycles. The molecule has 0 saturated carbocycles. The van der Waals surface area contributed by atoms with Gasteiger partial charge >= 0.3 is 0 Å². The molecular weight excluding hydrogens is 282 g/mol. The fourth-order valence-electron chi connectivity index (χ4n) is 2.55. The Labute approximate surface area is 132 Å². The Kier molecular flexibility index (Phi) is 5.83. The number of rotatable bonds is 7. The molecule has 0 amide bonds. The molecule has 114 valence electrons. The Balaban J connectivity index is 2.10. The molecule has 1 heterocycles. The van der Waals surface area contributed by atoms with Gasteiger partial charge in [-0.15, -0.1) is 0 Å². The van der Waals surface area contributed by atoms with Gasteiger partial charge in [0.15, 0.2) is 0 Å². The molecule has 0 spiro atoms. The highest BCUT2D eigenvalue weighted by molar-refractivity contribution is 6.31. The molecule has 0 unspecified atom stereocenters. The van der Waals surface area contributed by atoms with Crippen LogP contribution in [-0.2, 0) is 13.0 Å². The average Bonchev–Trinajstić information content (AvgIpc) is 2.73. The quantitative estimate of drug-likeness (QED) is 0.790. The van der Waals surface area contributed by atoms with Crippen molar-refractivity contribution < 1.29 is 0 Å². The van der Waals surface area contributed by atoms with Crippen LogP contribution in [0.4, 0.5) is 0 Å². The van der Waals surface area contributed by atoms with E-state index in [4.69, 9.17) is 11.6 Å². The molecule has 0 fully saturated rings. The van der Waals surface area contributed by atoms with Gasteiger partial charge in [0.05, 0.1) is 12.2 Å². The number of hydrogen-bond donors (Lipinski definition) is 1. The lowest BCUT2D eigenvalue weighted by atomic mass is 10.1. The zero-order valence-electron chi connectivity index (χ0n) is 13.1. The summed E-state index contributed by atoms with van der Waals surface area (Å²) in [5.74, 6) is 0. The highest BCUT2D eigenvalue weighted by Crippen LogP contribution is 2.19. The van der Waals surface area contributed by atoms with Crippen LogP contribution in [0.2, 0.25) is 5.02 Å². The van der Waals surface area contributed by atoms with Crippen molar-refractivity contribution in [3.63, 3.8) is 0 Å². The zero-order valence-corrected chi connectivity index (χ0v) is 13.9. The van der Waals surface area contributed by atoms with Crippen molar-refractivity contribution in [1.82, 2.24) is 15.1 Å². The second kappa shape index (κ2) is 7.62. The number of aromatic nitrogens is 2. The SMILES string of the molecule is CCCNCCc1c(C)nn(Cc2ccccc2Cl)c1C. The van der Waals surface area contributed by atoms with Crippen LogP contribution < -0.4 is 5.32 Å². The van der Waals surface area contributed by atoms with Gasteiger partial charge in [-0.25, -0.2) is 0 Å². The summed E-state index contributed by atoms with van der Waals surface area (Å²) in [6.07, 6.45) is 2.20. The molecular formula is C17H24ClN3. The molecule has 0 aliphatic rings. The van der Waals surface area contributed by atoms with Gasteiger partial charge in [0.2, 0.25) is 0 Å². The summed E-state index contributed by atoms with van der Waals surface area (Å²) in [6, 6.07) is 7.96. The maximum Gasteiger partial charge on any atom is 0.0677 e. The van der Waals surface area contributed by atoms with E-state index in [1.807, 2.05) is 18.2 Å². The third-order valence-corrected chi connectivity index (χ3v) is 4.16. The lowest BCUT2D eigenvalue weighted by Crippen LogP contribution is -2.18. The molecule has 1 aromatic carbocycles. The molecule has 0 radical (unpaired) electrons. The van der Waals surface area contributed by atoms with Crippen LogP contribution in [0.3, 0.4) is 0 Å². The normalized spacial score (nSPS) is 11.0. The maximum atomic E-state index is 6.24. The van der Waals surface area contributed by atoms with Crippen molar-refractivity contribution in [1.29, 1.82) is 0 Å².